The lowest BCUT2D eigenvalue weighted by molar-refractivity contribution is -0.136. The molecule has 1 saturated heterocycles. The van der Waals surface area contributed by atoms with E-state index in [0.29, 0.717) is 44.6 Å². The Morgan fingerprint density at radius 2 is 1.89 bits per heavy atom. The number of allylic oxidation sites excluding steroid dienone is 5. The first-order chi connectivity index (χ1) is 16.7. The summed E-state index contributed by atoms with van der Waals surface area (Å²) in [5.74, 6) is 1.97. The van der Waals surface area contributed by atoms with Crippen LogP contribution in [0, 0.1) is 17.8 Å². The van der Waals surface area contributed by atoms with Crippen LogP contribution in [0.2, 0.25) is 0 Å². The number of hydrogen-bond acceptors (Lipinski definition) is 5. The van der Waals surface area contributed by atoms with E-state index in [4.69, 9.17) is 9.47 Å². The molecule has 1 fully saturated rings. The fourth-order valence-corrected chi connectivity index (χ4v) is 5.02. The molecular formula is C28H44N2O5. The van der Waals surface area contributed by atoms with Gasteiger partial charge in [0.15, 0.2) is 0 Å². The molecule has 3 aliphatic rings. The molecule has 0 aromatic heterocycles. The van der Waals surface area contributed by atoms with Gasteiger partial charge in [-0.1, -0.05) is 17.7 Å². The zero-order valence-electron chi connectivity index (χ0n) is 22.0. The average molecular weight is 489 g/mol. The second-order valence-electron chi connectivity index (χ2n) is 10.9. The summed E-state index contributed by atoms with van der Waals surface area (Å²) >= 11 is 0. The summed E-state index contributed by atoms with van der Waals surface area (Å²) in [7, 11) is 0. The maximum atomic E-state index is 12.7. The number of piperidine rings is 1. The van der Waals surface area contributed by atoms with Gasteiger partial charge >= 0.3 is 6.09 Å². The number of hydrogen-bond donors (Lipinski definition) is 1. The van der Waals surface area contributed by atoms with Crippen LogP contribution in [0.1, 0.15) is 66.2 Å². The molecule has 7 heteroatoms. The summed E-state index contributed by atoms with van der Waals surface area (Å²) in [6, 6.07) is 0. The first-order valence-electron chi connectivity index (χ1n) is 13.3. The number of carbonyl (C=O) groups excluding carboxylic acids is 2. The molecule has 3 rings (SSSR count). The van der Waals surface area contributed by atoms with Crippen molar-refractivity contribution in [3.8, 4) is 0 Å². The van der Waals surface area contributed by atoms with Gasteiger partial charge in [-0.15, -0.1) is 0 Å². The van der Waals surface area contributed by atoms with E-state index in [1.54, 1.807) is 9.80 Å². The van der Waals surface area contributed by atoms with E-state index < -0.39 is 5.60 Å². The quantitative estimate of drug-likeness (QED) is 0.502. The lowest BCUT2D eigenvalue weighted by atomic mass is 9.81. The first kappa shape index (κ1) is 27.3. The minimum Gasteiger partial charge on any atom is -0.494 e. The molecule has 2 amide bonds. The zero-order chi connectivity index (χ0) is 25.4. The molecule has 2 aliphatic carbocycles. The molecule has 2 unspecified atom stereocenters. The molecule has 0 aromatic carbocycles. The molecule has 7 nitrogen and oxygen atoms in total. The van der Waals surface area contributed by atoms with E-state index in [2.05, 4.69) is 24.3 Å². The van der Waals surface area contributed by atoms with Crippen LogP contribution in [-0.2, 0) is 14.3 Å². The van der Waals surface area contributed by atoms with Crippen molar-refractivity contribution in [2.45, 2.75) is 71.8 Å². The second-order valence-corrected chi connectivity index (χ2v) is 10.9. The fraction of sp³-hybridized carbons (Fsp3) is 0.714. The summed E-state index contributed by atoms with van der Waals surface area (Å²) in [5, 5.41) is 9.18. The van der Waals surface area contributed by atoms with Gasteiger partial charge in [0, 0.05) is 38.0 Å². The number of rotatable bonds is 8. The molecule has 0 radical (unpaired) electrons. The van der Waals surface area contributed by atoms with Crippen molar-refractivity contribution >= 4 is 12.0 Å². The Kier molecular flexibility index (Phi) is 9.84. The van der Waals surface area contributed by atoms with Gasteiger partial charge in [0.1, 0.15) is 11.4 Å². The molecule has 0 spiro atoms. The SMILES string of the molecule is CCN(CCO)C(=O)C1CC=C(C2C=CC(OCC3CCN(C(=O)OC(C)(C)C)CC3)=CC2)CC1. The highest BCUT2D eigenvalue weighted by Gasteiger charge is 2.29. The Hall–Kier alpha value is -2.28. The van der Waals surface area contributed by atoms with E-state index in [0.717, 1.165) is 44.3 Å². The lowest BCUT2D eigenvalue weighted by Gasteiger charge is -2.33. The molecule has 1 heterocycles. The summed E-state index contributed by atoms with van der Waals surface area (Å²) in [5.41, 5.74) is 0.957. The van der Waals surface area contributed by atoms with Crippen molar-refractivity contribution < 1.29 is 24.2 Å². The van der Waals surface area contributed by atoms with E-state index >= 15 is 0 Å². The van der Waals surface area contributed by atoms with E-state index in [1.165, 1.54) is 5.57 Å². The van der Waals surface area contributed by atoms with Crippen LogP contribution in [0.4, 0.5) is 4.79 Å². The maximum Gasteiger partial charge on any atom is 0.410 e. The van der Waals surface area contributed by atoms with Gasteiger partial charge in [0.2, 0.25) is 5.91 Å². The standard InChI is InChI=1S/C28H44N2O5/c1-5-29(18-19-31)26(32)24-8-6-22(7-9-24)23-10-12-25(13-11-23)34-20-21-14-16-30(17-15-21)27(33)35-28(2,3)4/h6,10,12-13,21,23-24,31H,5,7-9,11,14-20H2,1-4H3. The van der Waals surface area contributed by atoms with Crippen LogP contribution in [0.25, 0.3) is 0 Å². The minimum atomic E-state index is -0.460. The van der Waals surface area contributed by atoms with E-state index in [-0.39, 0.29) is 24.5 Å². The Bertz CT molecular complexity index is 818. The summed E-state index contributed by atoms with van der Waals surface area (Å²) in [4.78, 5) is 28.5. The number of aliphatic hydroxyl groups is 1. The highest BCUT2D eigenvalue weighted by molar-refractivity contribution is 5.79. The molecule has 1 N–H and O–H groups in total. The van der Waals surface area contributed by atoms with Gasteiger partial charge < -0.3 is 24.4 Å². The molecule has 2 atom stereocenters. The monoisotopic (exact) mass is 488 g/mol. The van der Waals surface area contributed by atoms with Crippen molar-refractivity contribution in [1.29, 1.82) is 0 Å². The van der Waals surface area contributed by atoms with Crippen molar-refractivity contribution in [2.24, 2.45) is 17.8 Å². The Morgan fingerprint density at radius 3 is 2.43 bits per heavy atom. The third-order valence-electron chi connectivity index (χ3n) is 7.15. The molecule has 0 saturated carbocycles. The Labute approximate surface area is 210 Å². The highest BCUT2D eigenvalue weighted by Crippen LogP contribution is 2.34. The number of ether oxygens (including phenoxy) is 2. The highest BCUT2D eigenvalue weighted by atomic mass is 16.6. The molecule has 196 valence electrons. The number of amides is 2. The van der Waals surface area contributed by atoms with Crippen LogP contribution in [-0.4, -0.2) is 71.9 Å². The number of aliphatic hydroxyl groups excluding tert-OH is 1. The molecule has 0 aromatic rings. The second kappa shape index (κ2) is 12.6. The van der Waals surface area contributed by atoms with Crippen molar-refractivity contribution in [1.82, 2.24) is 9.80 Å². The number of carbonyl (C=O) groups is 2. The fourth-order valence-electron chi connectivity index (χ4n) is 5.02. The van der Waals surface area contributed by atoms with Crippen molar-refractivity contribution in [3.05, 3.63) is 35.6 Å². The van der Waals surface area contributed by atoms with E-state index in [1.807, 2.05) is 27.7 Å². The van der Waals surface area contributed by atoms with Crippen LogP contribution < -0.4 is 0 Å². The summed E-state index contributed by atoms with van der Waals surface area (Å²) in [6.45, 7) is 10.8. The molecule has 0 bridgehead atoms. The van der Waals surface area contributed by atoms with Crippen LogP contribution in [0.15, 0.2) is 35.6 Å². The van der Waals surface area contributed by atoms with Gasteiger partial charge in [-0.2, -0.15) is 0 Å². The minimum absolute atomic E-state index is 0.0161. The van der Waals surface area contributed by atoms with Gasteiger partial charge in [-0.25, -0.2) is 4.79 Å². The third kappa shape index (κ3) is 8.13. The third-order valence-corrected chi connectivity index (χ3v) is 7.15. The Balaban J connectivity index is 1.38. The maximum absolute atomic E-state index is 12.7. The summed E-state index contributed by atoms with van der Waals surface area (Å²) in [6.07, 6.45) is 13.9. The van der Waals surface area contributed by atoms with E-state index in [9.17, 15) is 14.7 Å². The average Bonchev–Trinajstić information content (AvgIpc) is 2.85. The van der Waals surface area contributed by atoms with Gasteiger partial charge in [-0.05, 0) is 84.3 Å². The topological polar surface area (TPSA) is 79.3 Å². The molecule has 1 aliphatic heterocycles. The Morgan fingerprint density at radius 1 is 1.14 bits per heavy atom. The first-order valence-corrected chi connectivity index (χ1v) is 13.3. The predicted molar refractivity (Wildman–Crippen MR) is 137 cm³/mol. The van der Waals surface area contributed by atoms with Gasteiger partial charge in [0.25, 0.3) is 0 Å². The van der Waals surface area contributed by atoms with Crippen molar-refractivity contribution in [2.75, 3.05) is 39.4 Å². The largest absolute Gasteiger partial charge is 0.494 e. The van der Waals surface area contributed by atoms with Gasteiger partial charge in [0.05, 0.1) is 13.2 Å². The van der Waals surface area contributed by atoms with Gasteiger partial charge in [-0.3, -0.25) is 4.79 Å². The number of nitrogens with zero attached hydrogens (tertiary/aromatic N) is 2. The molecule has 35 heavy (non-hydrogen) atoms. The zero-order valence-corrected chi connectivity index (χ0v) is 22.0. The van der Waals surface area contributed by atoms with Crippen LogP contribution >= 0.6 is 0 Å². The van der Waals surface area contributed by atoms with Crippen LogP contribution in [0.3, 0.4) is 0 Å². The van der Waals surface area contributed by atoms with Crippen LogP contribution in [0.5, 0.6) is 0 Å². The smallest absolute Gasteiger partial charge is 0.410 e. The van der Waals surface area contributed by atoms with Crippen molar-refractivity contribution in [3.63, 3.8) is 0 Å². The lowest BCUT2D eigenvalue weighted by Crippen LogP contribution is -2.42. The number of likely N-dealkylation sites (N-methyl/N-ethyl adjacent to an activating group) is 1. The number of likely N-dealkylation sites (tertiary alicyclic amines) is 1. The normalized spacial score (nSPS) is 23.4. The predicted octanol–water partition coefficient (Wildman–Crippen LogP) is 4.68. The molecular weight excluding hydrogens is 444 g/mol. The summed E-state index contributed by atoms with van der Waals surface area (Å²) < 4.78 is 11.6.